The van der Waals surface area contributed by atoms with Crippen LogP contribution in [0.15, 0.2) is 12.4 Å². The number of hydrogen-bond donors (Lipinski definition) is 0. The van der Waals surface area contributed by atoms with Crippen LogP contribution in [0.4, 0.5) is 0 Å². The SMILES string of the molecule is Ic1cnn(CCCC2CCCO2)c1. The van der Waals surface area contributed by atoms with Crippen molar-refractivity contribution in [2.24, 2.45) is 0 Å². The van der Waals surface area contributed by atoms with Gasteiger partial charge in [-0.15, -0.1) is 0 Å². The fraction of sp³-hybridized carbons (Fsp3) is 0.700. The first-order valence-electron chi connectivity index (χ1n) is 5.14. The number of nitrogens with zero attached hydrogens (tertiary/aromatic N) is 2. The van der Waals surface area contributed by atoms with E-state index in [1.165, 1.54) is 29.3 Å². The minimum absolute atomic E-state index is 0.518. The summed E-state index contributed by atoms with van der Waals surface area (Å²) in [4.78, 5) is 0. The first-order chi connectivity index (χ1) is 6.84. The van der Waals surface area contributed by atoms with Gasteiger partial charge in [0.25, 0.3) is 0 Å². The van der Waals surface area contributed by atoms with Crippen LogP contribution in [0.2, 0.25) is 0 Å². The number of halogens is 1. The van der Waals surface area contributed by atoms with Gasteiger partial charge in [-0.1, -0.05) is 0 Å². The highest BCUT2D eigenvalue weighted by Crippen LogP contribution is 2.17. The summed E-state index contributed by atoms with van der Waals surface area (Å²) in [5, 5.41) is 4.25. The Balaban J connectivity index is 1.67. The van der Waals surface area contributed by atoms with E-state index in [0.29, 0.717) is 6.10 Å². The molecule has 1 saturated heterocycles. The maximum atomic E-state index is 5.56. The van der Waals surface area contributed by atoms with Crippen molar-refractivity contribution in [3.63, 3.8) is 0 Å². The van der Waals surface area contributed by atoms with E-state index in [1.807, 2.05) is 10.9 Å². The molecule has 0 radical (unpaired) electrons. The average molecular weight is 306 g/mol. The van der Waals surface area contributed by atoms with Crippen molar-refractivity contribution in [1.82, 2.24) is 9.78 Å². The lowest BCUT2D eigenvalue weighted by atomic mass is 10.1. The molecule has 0 aliphatic carbocycles. The van der Waals surface area contributed by atoms with Crippen LogP contribution in [-0.2, 0) is 11.3 Å². The Labute approximate surface area is 98.0 Å². The fourth-order valence-electron chi connectivity index (χ4n) is 1.81. The number of ether oxygens (including phenoxy) is 1. The van der Waals surface area contributed by atoms with Crippen molar-refractivity contribution in [1.29, 1.82) is 0 Å². The summed E-state index contributed by atoms with van der Waals surface area (Å²) in [6, 6.07) is 0. The van der Waals surface area contributed by atoms with Gasteiger partial charge in [0.15, 0.2) is 0 Å². The van der Waals surface area contributed by atoms with Gasteiger partial charge in [0.1, 0.15) is 0 Å². The summed E-state index contributed by atoms with van der Waals surface area (Å²) < 4.78 is 8.78. The van der Waals surface area contributed by atoms with E-state index in [9.17, 15) is 0 Å². The third kappa shape index (κ3) is 2.95. The van der Waals surface area contributed by atoms with E-state index in [1.54, 1.807) is 0 Å². The molecule has 3 nitrogen and oxygen atoms in total. The van der Waals surface area contributed by atoms with Crippen molar-refractivity contribution >= 4 is 22.6 Å². The van der Waals surface area contributed by atoms with E-state index in [2.05, 4.69) is 33.9 Å². The van der Waals surface area contributed by atoms with Gasteiger partial charge in [0.05, 0.1) is 15.9 Å². The summed E-state index contributed by atoms with van der Waals surface area (Å²) in [5.74, 6) is 0. The molecule has 1 aliphatic rings. The molecule has 1 aromatic heterocycles. The molecule has 2 heterocycles. The zero-order chi connectivity index (χ0) is 9.80. The lowest BCUT2D eigenvalue weighted by Crippen LogP contribution is -2.07. The molecular formula is C10H15IN2O. The number of rotatable bonds is 4. The number of aryl methyl sites for hydroxylation is 1. The van der Waals surface area contributed by atoms with Crippen LogP contribution in [0.5, 0.6) is 0 Å². The normalized spacial score (nSPS) is 21.6. The van der Waals surface area contributed by atoms with Crippen LogP contribution >= 0.6 is 22.6 Å². The molecule has 0 bridgehead atoms. The Kier molecular flexibility index (Phi) is 3.81. The maximum absolute atomic E-state index is 5.56. The van der Waals surface area contributed by atoms with E-state index in [-0.39, 0.29) is 0 Å². The van der Waals surface area contributed by atoms with Gasteiger partial charge >= 0.3 is 0 Å². The zero-order valence-corrected chi connectivity index (χ0v) is 10.3. The third-order valence-electron chi connectivity index (χ3n) is 2.54. The van der Waals surface area contributed by atoms with Gasteiger partial charge in [-0.05, 0) is 48.3 Å². The average Bonchev–Trinajstić information content (AvgIpc) is 2.77. The second kappa shape index (κ2) is 5.11. The van der Waals surface area contributed by atoms with E-state index < -0.39 is 0 Å². The molecule has 1 fully saturated rings. The zero-order valence-electron chi connectivity index (χ0n) is 8.16. The lowest BCUT2D eigenvalue weighted by molar-refractivity contribution is 0.101. The van der Waals surface area contributed by atoms with Crippen molar-refractivity contribution in [3.8, 4) is 0 Å². The summed E-state index contributed by atoms with van der Waals surface area (Å²) in [5.41, 5.74) is 0. The van der Waals surface area contributed by atoms with Crippen molar-refractivity contribution in [2.45, 2.75) is 38.3 Å². The van der Waals surface area contributed by atoms with Crippen LogP contribution in [0.25, 0.3) is 0 Å². The van der Waals surface area contributed by atoms with Gasteiger partial charge in [-0.2, -0.15) is 5.10 Å². The van der Waals surface area contributed by atoms with Crippen LogP contribution in [0.3, 0.4) is 0 Å². The molecule has 2 rings (SSSR count). The Bertz CT molecular complexity index is 281. The standard InChI is InChI=1S/C10H15IN2O/c11-9-7-12-13(8-9)5-1-3-10-4-2-6-14-10/h7-8,10H,1-6H2. The topological polar surface area (TPSA) is 27.1 Å². The molecule has 1 atom stereocenters. The van der Waals surface area contributed by atoms with Gasteiger partial charge in [-0.3, -0.25) is 4.68 Å². The van der Waals surface area contributed by atoms with Crippen LogP contribution in [-0.4, -0.2) is 22.5 Å². The summed E-state index contributed by atoms with van der Waals surface area (Å²) >= 11 is 2.28. The summed E-state index contributed by atoms with van der Waals surface area (Å²) in [6.07, 6.45) is 9.33. The first-order valence-corrected chi connectivity index (χ1v) is 6.22. The maximum Gasteiger partial charge on any atom is 0.0623 e. The molecule has 0 saturated carbocycles. The quantitative estimate of drug-likeness (QED) is 0.799. The van der Waals surface area contributed by atoms with Gasteiger partial charge in [0.2, 0.25) is 0 Å². The summed E-state index contributed by atoms with van der Waals surface area (Å²) in [6.45, 7) is 1.98. The minimum Gasteiger partial charge on any atom is -0.378 e. The van der Waals surface area contributed by atoms with Crippen LogP contribution < -0.4 is 0 Å². The van der Waals surface area contributed by atoms with Crippen molar-refractivity contribution < 1.29 is 4.74 Å². The molecule has 78 valence electrons. The van der Waals surface area contributed by atoms with E-state index in [4.69, 9.17) is 4.74 Å². The highest BCUT2D eigenvalue weighted by molar-refractivity contribution is 14.1. The van der Waals surface area contributed by atoms with E-state index in [0.717, 1.165) is 13.2 Å². The Hall–Kier alpha value is -0.100. The monoisotopic (exact) mass is 306 g/mol. The largest absolute Gasteiger partial charge is 0.378 e. The molecular weight excluding hydrogens is 291 g/mol. The Morgan fingerprint density at radius 3 is 3.21 bits per heavy atom. The molecule has 1 aromatic rings. The molecule has 0 spiro atoms. The Morgan fingerprint density at radius 2 is 2.57 bits per heavy atom. The molecule has 4 heteroatoms. The van der Waals surface area contributed by atoms with Gasteiger partial charge in [0, 0.05) is 19.3 Å². The Morgan fingerprint density at radius 1 is 1.64 bits per heavy atom. The predicted octanol–water partition coefficient (Wildman–Crippen LogP) is 2.45. The molecule has 1 aliphatic heterocycles. The second-order valence-electron chi connectivity index (χ2n) is 3.70. The van der Waals surface area contributed by atoms with Crippen LogP contribution in [0, 0.1) is 3.57 Å². The fourth-order valence-corrected chi connectivity index (χ4v) is 2.26. The van der Waals surface area contributed by atoms with E-state index >= 15 is 0 Å². The van der Waals surface area contributed by atoms with Crippen molar-refractivity contribution in [2.75, 3.05) is 6.61 Å². The number of hydrogen-bond acceptors (Lipinski definition) is 2. The van der Waals surface area contributed by atoms with Gasteiger partial charge < -0.3 is 4.74 Å². The predicted molar refractivity (Wildman–Crippen MR) is 63.2 cm³/mol. The molecule has 14 heavy (non-hydrogen) atoms. The third-order valence-corrected chi connectivity index (χ3v) is 3.10. The van der Waals surface area contributed by atoms with Crippen LogP contribution in [0.1, 0.15) is 25.7 Å². The first kappa shape index (κ1) is 10.4. The molecule has 0 amide bonds. The summed E-state index contributed by atoms with van der Waals surface area (Å²) in [7, 11) is 0. The second-order valence-corrected chi connectivity index (χ2v) is 4.94. The van der Waals surface area contributed by atoms with Crippen molar-refractivity contribution in [3.05, 3.63) is 16.0 Å². The molecule has 1 unspecified atom stereocenters. The van der Waals surface area contributed by atoms with Gasteiger partial charge in [-0.25, -0.2) is 0 Å². The molecule has 0 N–H and O–H groups in total. The highest BCUT2D eigenvalue weighted by Gasteiger charge is 2.14. The minimum atomic E-state index is 0.518. The smallest absolute Gasteiger partial charge is 0.0623 e. The lowest BCUT2D eigenvalue weighted by Gasteiger charge is -2.08. The number of aromatic nitrogens is 2. The molecule has 0 aromatic carbocycles. The highest BCUT2D eigenvalue weighted by atomic mass is 127.